The zero-order valence-electron chi connectivity index (χ0n) is 32.0. The average Bonchev–Trinajstić information content (AvgIpc) is 2.85. The van der Waals surface area contributed by atoms with Gasteiger partial charge in [0.15, 0.2) is 0 Å². The smallest absolute Gasteiger partial charge is 0.317 e. The monoisotopic (exact) mass is 1090 g/mol. The molecular formula is C29H59N8O8Y5-5. The molecule has 0 heterocycles. The third kappa shape index (κ3) is 178. The van der Waals surface area contributed by atoms with Crippen LogP contribution >= 0.6 is 0 Å². The molecule has 16 nitrogen and oxygen atoms in total. The minimum Gasteiger partial charge on any atom is -0.668 e. The molecule has 0 saturated heterocycles. The van der Waals surface area contributed by atoms with Crippen LogP contribution in [0.15, 0.2) is 13.2 Å². The zero-order chi connectivity index (χ0) is 36.5. The van der Waals surface area contributed by atoms with Crippen LogP contribution in [-0.4, -0.2) is 122 Å². The molecule has 0 fully saturated rings. The summed E-state index contributed by atoms with van der Waals surface area (Å²) in [7, 11) is 3.50. The summed E-state index contributed by atoms with van der Waals surface area (Å²) in [6.07, 6.45) is 0. The van der Waals surface area contributed by atoms with Gasteiger partial charge in [-0.3, -0.25) is 29.8 Å². The molecule has 5 radical (unpaired) electrons. The standard InChI is InChI=1S/2C6H14N.C4H5N3.C4H7NO4.C4H6NO4.C2H6N.C2H4.CH3.5Y/c2*1-5(2)7-6(3)4;5-1-3-7-4-2-6;2*6-3(7)1-5-2-4(8)9;1-3-2;1-2;;;;;;/h2*5-6H,1-4H3;7H,3-4H2;5H,1-2H2,(H,6,7)(H,8,9);1-2H2,(H,6,7)(H,8,9);1-2H3;1-2H2;1H3;;;;;/q2*-1;;;2*-1;;-1;;;;;. The fourth-order valence-corrected chi connectivity index (χ4v) is 1.89. The SMILES string of the molecule is C=C.CC(C)[N-]C(C)C.CC(C)[N-]C(C)C.C[N-]C.N#CCNCC#N.O=C(O)CNCC(=O)O.O=C(O)C[N-]CC(=O)O.[CH3-].[Y].[Y].[Y].[Y].[Y]. The number of carboxylic acid groups (broad SMARTS) is 4. The Morgan fingerprint density at radius 3 is 0.920 bits per heavy atom. The number of nitrogens with one attached hydrogen (secondary N) is 2. The first-order chi connectivity index (χ1) is 20.3. The van der Waals surface area contributed by atoms with Crippen LogP contribution in [0, 0.1) is 30.1 Å². The van der Waals surface area contributed by atoms with Crippen LogP contribution in [0.4, 0.5) is 0 Å². The summed E-state index contributed by atoms with van der Waals surface area (Å²) >= 11 is 0. The molecule has 0 aromatic carbocycles. The number of carboxylic acids is 4. The first-order valence-electron chi connectivity index (χ1n) is 13.4. The Balaban J connectivity index is -0.0000000293. The molecule has 283 valence electrons. The van der Waals surface area contributed by atoms with Gasteiger partial charge in [-0.1, -0.05) is 55.4 Å². The van der Waals surface area contributed by atoms with Gasteiger partial charge in [0.2, 0.25) is 0 Å². The maximum absolute atomic E-state index is 9.73. The molecule has 6 N–H and O–H groups in total. The van der Waals surface area contributed by atoms with Gasteiger partial charge in [0.1, 0.15) is 0 Å². The molecule has 50 heavy (non-hydrogen) atoms. The molecule has 0 aliphatic rings. The van der Waals surface area contributed by atoms with Crippen molar-refractivity contribution in [1.82, 2.24) is 10.6 Å². The van der Waals surface area contributed by atoms with Gasteiger partial charge in [-0.15, -0.1) is 37.3 Å². The Bertz CT molecular complexity index is 664. The molecule has 0 rings (SSSR count). The second-order valence-corrected chi connectivity index (χ2v) is 8.76. The van der Waals surface area contributed by atoms with E-state index in [0.29, 0.717) is 24.2 Å². The first kappa shape index (κ1) is 88.8. The van der Waals surface area contributed by atoms with E-state index in [4.69, 9.17) is 30.9 Å². The topological polar surface area (TPSA) is 277 Å². The predicted octanol–water partition coefficient (Wildman–Crippen LogP) is 4.11. The molecule has 0 amide bonds. The van der Waals surface area contributed by atoms with E-state index in [1.54, 1.807) is 14.1 Å². The van der Waals surface area contributed by atoms with Crippen LogP contribution in [-0.2, 0) is 183 Å². The number of rotatable bonds is 14. The van der Waals surface area contributed by atoms with Crippen molar-refractivity contribution in [3.8, 4) is 12.1 Å². The van der Waals surface area contributed by atoms with Gasteiger partial charge in [-0.25, -0.2) is 0 Å². The molecular weight excluding hydrogens is 1030 g/mol. The van der Waals surface area contributed by atoms with E-state index in [9.17, 15) is 19.2 Å². The number of nitrogens with zero attached hydrogens (tertiary/aromatic N) is 6. The fraction of sp³-hybridized carbons (Fsp3) is 0.690. The summed E-state index contributed by atoms with van der Waals surface area (Å²) in [5.41, 5.74) is 0. The third-order valence-corrected chi connectivity index (χ3v) is 2.65. The van der Waals surface area contributed by atoms with Crippen molar-refractivity contribution in [3.05, 3.63) is 41.9 Å². The summed E-state index contributed by atoms with van der Waals surface area (Å²) in [5.74, 6) is -4.35. The van der Waals surface area contributed by atoms with E-state index >= 15 is 0 Å². The molecule has 0 aromatic heterocycles. The van der Waals surface area contributed by atoms with E-state index in [1.807, 2.05) is 12.1 Å². The molecule has 0 atom stereocenters. The van der Waals surface area contributed by atoms with Crippen molar-refractivity contribution in [2.45, 2.75) is 79.6 Å². The fourth-order valence-electron chi connectivity index (χ4n) is 1.89. The van der Waals surface area contributed by atoms with Gasteiger partial charge in [-0.2, -0.15) is 24.6 Å². The third-order valence-electron chi connectivity index (χ3n) is 2.65. The minimum absolute atomic E-state index is 0. The molecule has 0 saturated carbocycles. The molecule has 0 spiro atoms. The number of hydrogen-bond donors (Lipinski definition) is 6. The Morgan fingerprint density at radius 1 is 0.580 bits per heavy atom. The largest absolute Gasteiger partial charge is 0.668 e. The quantitative estimate of drug-likeness (QED) is 0.0621. The van der Waals surface area contributed by atoms with Crippen LogP contribution in [0.2, 0.25) is 0 Å². The maximum atomic E-state index is 9.73. The molecule has 0 aromatic rings. The molecule has 21 heteroatoms. The normalized spacial score (nSPS) is 7.68. The Kier molecular flexibility index (Phi) is 141. The van der Waals surface area contributed by atoms with Crippen molar-refractivity contribution in [3.63, 3.8) is 0 Å². The van der Waals surface area contributed by atoms with E-state index < -0.39 is 37.0 Å². The summed E-state index contributed by atoms with van der Waals surface area (Å²) in [6, 6.07) is 5.68. The van der Waals surface area contributed by atoms with Crippen LogP contribution in [0.5, 0.6) is 0 Å². The van der Waals surface area contributed by atoms with Crippen LogP contribution in [0.1, 0.15) is 55.4 Å². The summed E-state index contributed by atoms with van der Waals surface area (Å²) < 4.78 is 0. The van der Waals surface area contributed by atoms with E-state index in [0.717, 1.165) is 0 Å². The molecule has 0 aliphatic carbocycles. The average molecular weight is 1090 g/mol. The summed E-state index contributed by atoms with van der Waals surface area (Å²) in [5, 5.41) is 67.5. The summed E-state index contributed by atoms with van der Waals surface area (Å²) in [6.45, 7) is 21.8. The van der Waals surface area contributed by atoms with Crippen LogP contribution < -0.4 is 10.6 Å². The van der Waals surface area contributed by atoms with Gasteiger partial charge in [0.25, 0.3) is 11.9 Å². The Labute approximate surface area is 428 Å². The van der Waals surface area contributed by atoms with Gasteiger partial charge in [0.05, 0.1) is 38.3 Å². The zero-order valence-corrected chi connectivity index (χ0v) is 46.1. The van der Waals surface area contributed by atoms with E-state index in [-0.39, 0.29) is 197 Å². The van der Waals surface area contributed by atoms with Crippen molar-refractivity contribution in [2.24, 2.45) is 0 Å². The minimum atomic E-state index is -1.11. The number of aliphatic carboxylic acids is 4. The first-order valence-corrected chi connectivity index (χ1v) is 13.4. The summed E-state index contributed by atoms with van der Waals surface area (Å²) in [4.78, 5) is 38.8. The Morgan fingerprint density at radius 2 is 0.800 bits per heavy atom. The van der Waals surface area contributed by atoms with Crippen molar-refractivity contribution < 1.29 is 203 Å². The number of nitriles is 2. The van der Waals surface area contributed by atoms with Crippen LogP contribution in [0.3, 0.4) is 0 Å². The van der Waals surface area contributed by atoms with Crippen molar-refractivity contribution in [2.75, 3.05) is 53.4 Å². The van der Waals surface area contributed by atoms with E-state index in [2.05, 4.69) is 100 Å². The molecule has 0 bridgehead atoms. The van der Waals surface area contributed by atoms with Gasteiger partial charge >= 0.3 is 11.9 Å². The molecule has 0 unspecified atom stereocenters. The molecule has 0 aliphatic heterocycles. The predicted molar refractivity (Wildman–Crippen MR) is 181 cm³/mol. The van der Waals surface area contributed by atoms with Gasteiger partial charge in [-0.05, 0) is 13.1 Å². The Hall–Kier alpha value is 1.88. The maximum Gasteiger partial charge on any atom is 0.317 e. The van der Waals surface area contributed by atoms with Gasteiger partial charge in [0, 0.05) is 164 Å². The second-order valence-electron chi connectivity index (χ2n) is 8.76. The van der Waals surface area contributed by atoms with Crippen molar-refractivity contribution in [1.29, 1.82) is 10.5 Å². The number of carbonyl (C=O) groups is 4. The van der Waals surface area contributed by atoms with Crippen molar-refractivity contribution >= 4 is 23.9 Å². The second kappa shape index (κ2) is 79.6. The van der Waals surface area contributed by atoms with E-state index in [1.165, 1.54) is 0 Å². The number of hydrogen-bond acceptors (Lipinski definition) is 8. The van der Waals surface area contributed by atoms with Crippen LogP contribution in [0.25, 0.3) is 21.3 Å². The van der Waals surface area contributed by atoms with Gasteiger partial charge < -0.3 is 49.1 Å².